The van der Waals surface area contributed by atoms with Gasteiger partial charge in [0.05, 0.1) is 15.7 Å². The molecule has 0 amide bonds. The molecule has 2 rings (SSSR count). The summed E-state index contributed by atoms with van der Waals surface area (Å²) in [6.45, 7) is 2.00. The zero-order valence-electron chi connectivity index (χ0n) is 8.80. The molecule has 0 saturated heterocycles. The Hall–Kier alpha value is -0.360. The van der Waals surface area contributed by atoms with Gasteiger partial charge in [-0.1, -0.05) is 30.1 Å². The normalized spacial score (nSPS) is 10.8. The van der Waals surface area contributed by atoms with Crippen LogP contribution in [0.15, 0.2) is 16.6 Å². The minimum absolute atomic E-state index is 0.452. The number of aromatic nitrogens is 3. The van der Waals surface area contributed by atoms with Crippen LogP contribution in [0.1, 0.15) is 12.7 Å². The van der Waals surface area contributed by atoms with Crippen molar-refractivity contribution in [1.29, 1.82) is 0 Å². The molecular weight excluding hydrogens is 345 g/mol. The van der Waals surface area contributed by atoms with Crippen LogP contribution in [0.25, 0.3) is 5.69 Å². The van der Waals surface area contributed by atoms with Crippen LogP contribution in [0.2, 0.25) is 10.0 Å². The van der Waals surface area contributed by atoms with Gasteiger partial charge in [-0.15, -0.1) is 0 Å². The molecule has 0 radical (unpaired) electrons. The first-order valence-electron chi connectivity index (χ1n) is 4.86. The van der Waals surface area contributed by atoms with Crippen molar-refractivity contribution in [3.63, 3.8) is 0 Å². The molecule has 0 saturated carbocycles. The standard InChI is InChI=1S/C10H8BrCl2N3S/c1-2-7-14-15-10(17)16(7)6-4-3-5(11)8(12)9(6)13/h3-4H,2H2,1H3,(H,15,17). The molecule has 0 aliphatic carbocycles. The van der Waals surface area contributed by atoms with E-state index in [9.17, 15) is 0 Å². The summed E-state index contributed by atoms with van der Waals surface area (Å²) in [5.74, 6) is 0.815. The minimum Gasteiger partial charge on any atom is -0.271 e. The predicted octanol–water partition coefficient (Wildman–Crippen LogP) is 4.56. The third-order valence-electron chi connectivity index (χ3n) is 2.31. The van der Waals surface area contributed by atoms with Crippen molar-refractivity contribution in [3.8, 4) is 5.69 Å². The van der Waals surface area contributed by atoms with E-state index in [1.54, 1.807) is 4.57 Å². The number of aryl methyl sites for hydroxylation is 1. The molecule has 0 unspecified atom stereocenters. The predicted molar refractivity (Wildman–Crippen MR) is 75.8 cm³/mol. The van der Waals surface area contributed by atoms with Crippen molar-refractivity contribution in [2.45, 2.75) is 13.3 Å². The number of benzene rings is 1. The zero-order valence-corrected chi connectivity index (χ0v) is 12.7. The average Bonchev–Trinajstić information content (AvgIpc) is 2.68. The molecule has 0 fully saturated rings. The number of H-pyrrole nitrogens is 1. The van der Waals surface area contributed by atoms with Crippen LogP contribution in [-0.2, 0) is 6.42 Å². The van der Waals surface area contributed by atoms with Crippen molar-refractivity contribution in [1.82, 2.24) is 14.8 Å². The van der Waals surface area contributed by atoms with E-state index in [1.165, 1.54) is 0 Å². The molecule has 0 atom stereocenters. The van der Waals surface area contributed by atoms with E-state index in [0.29, 0.717) is 14.8 Å². The van der Waals surface area contributed by atoms with Gasteiger partial charge >= 0.3 is 0 Å². The Balaban J connectivity index is 2.73. The number of hydrogen-bond acceptors (Lipinski definition) is 2. The lowest BCUT2D eigenvalue weighted by atomic mass is 10.3. The Bertz CT molecular complexity index is 620. The van der Waals surface area contributed by atoms with Gasteiger partial charge in [-0.3, -0.25) is 9.67 Å². The van der Waals surface area contributed by atoms with Crippen LogP contribution in [-0.4, -0.2) is 14.8 Å². The maximum atomic E-state index is 6.22. The second-order valence-corrected chi connectivity index (χ2v) is 5.33. The summed E-state index contributed by atoms with van der Waals surface area (Å²) in [6, 6.07) is 3.68. The molecule has 0 aliphatic heterocycles. The number of halogens is 3. The zero-order chi connectivity index (χ0) is 12.6. The molecule has 17 heavy (non-hydrogen) atoms. The lowest BCUT2D eigenvalue weighted by Crippen LogP contribution is -2.01. The molecule has 1 heterocycles. The fourth-order valence-corrected chi connectivity index (χ4v) is 2.61. The molecule has 2 aromatic rings. The smallest absolute Gasteiger partial charge is 0.199 e. The summed E-state index contributed by atoms with van der Waals surface area (Å²) < 4.78 is 3.04. The largest absolute Gasteiger partial charge is 0.271 e. The molecule has 0 aliphatic rings. The minimum atomic E-state index is 0.452. The molecule has 1 aromatic carbocycles. The van der Waals surface area contributed by atoms with Crippen LogP contribution >= 0.6 is 51.3 Å². The Labute approximate surface area is 122 Å². The van der Waals surface area contributed by atoms with E-state index in [1.807, 2.05) is 19.1 Å². The maximum absolute atomic E-state index is 6.22. The Morgan fingerprint density at radius 1 is 1.41 bits per heavy atom. The molecule has 7 heteroatoms. The summed E-state index contributed by atoms with van der Waals surface area (Å²) >= 11 is 20.8. The summed E-state index contributed by atoms with van der Waals surface area (Å²) in [5.41, 5.74) is 0.732. The van der Waals surface area contributed by atoms with Gasteiger partial charge in [0.15, 0.2) is 4.77 Å². The summed E-state index contributed by atoms with van der Waals surface area (Å²) in [5, 5.41) is 7.81. The second-order valence-electron chi connectivity index (χ2n) is 3.33. The molecular formula is C10H8BrCl2N3S. The summed E-state index contributed by atoms with van der Waals surface area (Å²) in [6.07, 6.45) is 0.747. The van der Waals surface area contributed by atoms with Gasteiger partial charge in [-0.25, -0.2) is 0 Å². The molecule has 1 N–H and O–H groups in total. The molecule has 0 spiro atoms. The molecule has 90 valence electrons. The fraction of sp³-hybridized carbons (Fsp3) is 0.200. The van der Waals surface area contributed by atoms with E-state index >= 15 is 0 Å². The Morgan fingerprint density at radius 3 is 2.76 bits per heavy atom. The average molecular weight is 353 g/mol. The number of nitrogens with one attached hydrogen (secondary N) is 1. The third kappa shape index (κ3) is 2.29. The van der Waals surface area contributed by atoms with Crippen LogP contribution in [0.5, 0.6) is 0 Å². The Morgan fingerprint density at radius 2 is 2.12 bits per heavy atom. The van der Waals surface area contributed by atoms with E-state index in [-0.39, 0.29) is 0 Å². The van der Waals surface area contributed by atoms with Crippen molar-refractivity contribution in [2.24, 2.45) is 0 Å². The fourth-order valence-electron chi connectivity index (χ4n) is 1.50. The topological polar surface area (TPSA) is 33.6 Å². The van der Waals surface area contributed by atoms with Gasteiger partial charge in [0.2, 0.25) is 0 Å². The van der Waals surface area contributed by atoms with E-state index in [4.69, 9.17) is 35.4 Å². The highest BCUT2D eigenvalue weighted by molar-refractivity contribution is 9.10. The summed E-state index contributed by atoms with van der Waals surface area (Å²) in [4.78, 5) is 0. The monoisotopic (exact) mass is 351 g/mol. The van der Waals surface area contributed by atoms with Crippen molar-refractivity contribution in [3.05, 3.63) is 37.2 Å². The highest BCUT2D eigenvalue weighted by atomic mass is 79.9. The number of rotatable bonds is 2. The molecule has 1 aromatic heterocycles. The third-order valence-corrected chi connectivity index (χ3v) is 4.35. The highest BCUT2D eigenvalue weighted by Crippen LogP contribution is 2.35. The lowest BCUT2D eigenvalue weighted by Gasteiger charge is -2.09. The first-order chi connectivity index (χ1) is 8.06. The van der Waals surface area contributed by atoms with Gasteiger partial charge in [-0.05, 0) is 40.3 Å². The quantitative estimate of drug-likeness (QED) is 0.634. The SMILES string of the molecule is CCc1n[nH]c(=S)n1-c1ccc(Br)c(Cl)c1Cl. The number of aromatic amines is 1. The van der Waals surface area contributed by atoms with E-state index in [2.05, 4.69) is 26.1 Å². The second kappa shape index (κ2) is 5.10. The highest BCUT2D eigenvalue weighted by Gasteiger charge is 2.13. The molecule has 0 bridgehead atoms. The first-order valence-corrected chi connectivity index (χ1v) is 6.82. The van der Waals surface area contributed by atoms with Crippen LogP contribution < -0.4 is 0 Å². The number of nitrogens with zero attached hydrogens (tertiary/aromatic N) is 2. The van der Waals surface area contributed by atoms with E-state index in [0.717, 1.165) is 22.4 Å². The van der Waals surface area contributed by atoms with Gasteiger partial charge < -0.3 is 0 Å². The maximum Gasteiger partial charge on any atom is 0.199 e. The Kier molecular flexibility index (Phi) is 3.92. The van der Waals surface area contributed by atoms with Crippen molar-refractivity contribution in [2.75, 3.05) is 0 Å². The van der Waals surface area contributed by atoms with Crippen molar-refractivity contribution >= 4 is 51.3 Å². The number of hydrogen-bond donors (Lipinski definition) is 1. The van der Waals surface area contributed by atoms with Crippen LogP contribution in [0, 0.1) is 4.77 Å². The van der Waals surface area contributed by atoms with Crippen LogP contribution in [0.3, 0.4) is 0 Å². The van der Waals surface area contributed by atoms with Gasteiger partial charge in [-0.2, -0.15) is 5.10 Å². The first kappa shape index (κ1) is 13.1. The van der Waals surface area contributed by atoms with Crippen LogP contribution in [0.4, 0.5) is 0 Å². The van der Waals surface area contributed by atoms with Gasteiger partial charge in [0.1, 0.15) is 5.82 Å². The van der Waals surface area contributed by atoms with Gasteiger partial charge in [0, 0.05) is 10.9 Å². The van der Waals surface area contributed by atoms with E-state index < -0.39 is 0 Å². The van der Waals surface area contributed by atoms with Gasteiger partial charge in [0.25, 0.3) is 0 Å². The molecule has 3 nitrogen and oxygen atoms in total. The van der Waals surface area contributed by atoms with Crippen molar-refractivity contribution < 1.29 is 0 Å². The lowest BCUT2D eigenvalue weighted by molar-refractivity contribution is 0.880. The summed E-state index contributed by atoms with van der Waals surface area (Å²) in [7, 11) is 0.